The SMILES string of the molecule is CCCc1nc2c(C)cc(C(=N)N)cc2n1Cc1ccc(-c2ccccc2OC(=O)OC)cc1. The Bertz CT molecular complexity index is 1360. The number of benzene rings is 3. The highest BCUT2D eigenvalue weighted by Gasteiger charge is 2.15. The Morgan fingerprint density at radius 2 is 1.85 bits per heavy atom. The molecule has 0 radical (unpaired) electrons. The zero-order valence-electron chi connectivity index (χ0n) is 19.6. The maximum absolute atomic E-state index is 11.6. The summed E-state index contributed by atoms with van der Waals surface area (Å²) >= 11 is 0. The summed E-state index contributed by atoms with van der Waals surface area (Å²) in [4.78, 5) is 16.5. The minimum absolute atomic E-state index is 0.0481. The smallest absolute Gasteiger partial charge is 0.437 e. The first kappa shape index (κ1) is 23.0. The van der Waals surface area contributed by atoms with Crippen LogP contribution in [0.4, 0.5) is 4.79 Å². The number of rotatable bonds is 7. The second-order valence-electron chi connectivity index (χ2n) is 8.19. The van der Waals surface area contributed by atoms with Crippen molar-refractivity contribution in [2.24, 2.45) is 5.73 Å². The van der Waals surface area contributed by atoms with Crippen molar-refractivity contribution in [3.63, 3.8) is 0 Å². The standard InChI is InChI=1S/C27H28N4O3/c1-4-7-24-30-25-17(2)14-20(26(28)29)15-22(25)31(24)16-18-10-12-19(13-11-18)21-8-5-6-9-23(21)34-27(32)33-3/h5-6,8-15H,4,7,16H2,1-3H3,(H3,28,29). The van der Waals surface area contributed by atoms with Gasteiger partial charge in [-0.05, 0) is 48.2 Å². The summed E-state index contributed by atoms with van der Waals surface area (Å²) in [5, 5.41) is 7.87. The van der Waals surface area contributed by atoms with Crippen LogP contribution in [0.25, 0.3) is 22.2 Å². The number of imidazole rings is 1. The fraction of sp³-hybridized carbons (Fsp3) is 0.222. The number of carbonyl (C=O) groups excluding carboxylic acids is 1. The lowest BCUT2D eigenvalue weighted by molar-refractivity contribution is 0.121. The van der Waals surface area contributed by atoms with E-state index in [1.165, 1.54) is 7.11 Å². The highest BCUT2D eigenvalue weighted by atomic mass is 16.7. The fourth-order valence-electron chi connectivity index (χ4n) is 4.08. The summed E-state index contributed by atoms with van der Waals surface area (Å²) in [6.07, 6.45) is 1.09. The van der Waals surface area contributed by atoms with E-state index in [1.807, 2.05) is 49.4 Å². The van der Waals surface area contributed by atoms with Gasteiger partial charge in [0.15, 0.2) is 0 Å². The van der Waals surface area contributed by atoms with E-state index >= 15 is 0 Å². The van der Waals surface area contributed by atoms with Crippen molar-refractivity contribution in [3.8, 4) is 16.9 Å². The Balaban J connectivity index is 1.69. The van der Waals surface area contributed by atoms with Gasteiger partial charge in [-0.2, -0.15) is 0 Å². The van der Waals surface area contributed by atoms with E-state index in [9.17, 15) is 4.79 Å². The van der Waals surface area contributed by atoms with Crippen LogP contribution in [-0.4, -0.2) is 28.7 Å². The van der Waals surface area contributed by atoms with Crippen molar-refractivity contribution in [2.75, 3.05) is 7.11 Å². The molecule has 0 unspecified atom stereocenters. The Hall–Kier alpha value is -4.13. The number of nitrogens with one attached hydrogen (secondary N) is 1. The molecule has 174 valence electrons. The Labute approximate surface area is 198 Å². The van der Waals surface area contributed by atoms with Crippen LogP contribution in [0, 0.1) is 12.3 Å². The molecule has 3 aromatic carbocycles. The highest BCUT2D eigenvalue weighted by Crippen LogP contribution is 2.31. The van der Waals surface area contributed by atoms with Gasteiger partial charge in [0.2, 0.25) is 0 Å². The molecule has 7 nitrogen and oxygen atoms in total. The first-order valence-corrected chi connectivity index (χ1v) is 11.2. The van der Waals surface area contributed by atoms with Gasteiger partial charge in [0.1, 0.15) is 17.4 Å². The fourth-order valence-corrected chi connectivity index (χ4v) is 4.08. The molecule has 0 aliphatic carbocycles. The molecule has 0 saturated carbocycles. The Kier molecular flexibility index (Phi) is 6.63. The van der Waals surface area contributed by atoms with Crippen molar-refractivity contribution in [2.45, 2.75) is 33.2 Å². The molecule has 0 saturated heterocycles. The van der Waals surface area contributed by atoms with E-state index in [-0.39, 0.29) is 5.84 Å². The van der Waals surface area contributed by atoms with Crippen molar-refractivity contribution in [3.05, 3.63) is 83.2 Å². The quantitative estimate of drug-likeness (QED) is 0.167. The van der Waals surface area contributed by atoms with Crippen LogP contribution in [0.5, 0.6) is 5.75 Å². The molecule has 0 spiro atoms. The van der Waals surface area contributed by atoms with E-state index in [0.717, 1.165) is 52.0 Å². The molecule has 0 atom stereocenters. The van der Waals surface area contributed by atoms with E-state index in [4.69, 9.17) is 20.9 Å². The second-order valence-corrected chi connectivity index (χ2v) is 8.19. The number of fused-ring (bicyclic) bond motifs is 1. The predicted octanol–water partition coefficient (Wildman–Crippen LogP) is 5.44. The molecule has 3 N–H and O–H groups in total. The number of aromatic nitrogens is 2. The summed E-state index contributed by atoms with van der Waals surface area (Å²) in [6, 6.07) is 19.4. The lowest BCUT2D eigenvalue weighted by atomic mass is 10.0. The number of para-hydroxylation sites is 1. The minimum atomic E-state index is -0.750. The van der Waals surface area contributed by atoms with Gasteiger partial charge < -0.3 is 19.8 Å². The Morgan fingerprint density at radius 1 is 1.12 bits per heavy atom. The average molecular weight is 457 g/mol. The predicted molar refractivity (Wildman–Crippen MR) is 133 cm³/mol. The average Bonchev–Trinajstić information content (AvgIpc) is 3.17. The summed E-state index contributed by atoms with van der Waals surface area (Å²) in [5.74, 6) is 1.51. The molecule has 0 bridgehead atoms. The molecule has 0 aliphatic rings. The maximum atomic E-state index is 11.6. The zero-order chi connectivity index (χ0) is 24.2. The van der Waals surface area contributed by atoms with Crippen LogP contribution < -0.4 is 10.5 Å². The van der Waals surface area contributed by atoms with E-state index in [0.29, 0.717) is 17.9 Å². The van der Waals surface area contributed by atoms with Gasteiger partial charge in [0, 0.05) is 24.1 Å². The van der Waals surface area contributed by atoms with E-state index in [2.05, 4.69) is 28.4 Å². The molecule has 0 fully saturated rings. The molecule has 4 rings (SSSR count). The molecule has 7 heteroatoms. The van der Waals surface area contributed by atoms with E-state index < -0.39 is 6.16 Å². The lowest BCUT2D eigenvalue weighted by Gasteiger charge is -2.12. The van der Waals surface area contributed by atoms with Gasteiger partial charge in [0.05, 0.1) is 18.1 Å². The van der Waals surface area contributed by atoms with Crippen molar-refractivity contribution in [1.82, 2.24) is 9.55 Å². The number of hydrogen-bond donors (Lipinski definition) is 2. The summed E-state index contributed by atoms with van der Waals surface area (Å²) in [6.45, 7) is 4.79. The monoisotopic (exact) mass is 456 g/mol. The molecule has 1 heterocycles. The number of nitrogens with two attached hydrogens (primary N) is 1. The van der Waals surface area contributed by atoms with Crippen LogP contribution in [0.3, 0.4) is 0 Å². The number of amidine groups is 1. The highest BCUT2D eigenvalue weighted by molar-refractivity contribution is 5.99. The van der Waals surface area contributed by atoms with Crippen LogP contribution in [0.1, 0.15) is 35.9 Å². The first-order chi connectivity index (χ1) is 16.4. The number of nitrogens with zero attached hydrogens (tertiary/aromatic N) is 2. The molecule has 0 aliphatic heterocycles. The van der Waals surface area contributed by atoms with Gasteiger partial charge >= 0.3 is 6.16 Å². The summed E-state index contributed by atoms with van der Waals surface area (Å²) < 4.78 is 12.1. The third-order valence-corrected chi connectivity index (χ3v) is 5.76. The number of hydrogen-bond acceptors (Lipinski definition) is 5. The third kappa shape index (κ3) is 4.64. The lowest BCUT2D eigenvalue weighted by Crippen LogP contribution is -2.12. The van der Waals surface area contributed by atoms with Gasteiger partial charge in [-0.25, -0.2) is 9.78 Å². The first-order valence-electron chi connectivity index (χ1n) is 11.2. The van der Waals surface area contributed by atoms with Crippen LogP contribution in [0.15, 0.2) is 60.7 Å². The molecule has 1 aromatic heterocycles. The number of methoxy groups -OCH3 is 1. The molecule has 4 aromatic rings. The second kappa shape index (κ2) is 9.79. The summed E-state index contributed by atoms with van der Waals surface area (Å²) in [7, 11) is 1.28. The third-order valence-electron chi connectivity index (χ3n) is 5.76. The van der Waals surface area contributed by atoms with Crippen LogP contribution >= 0.6 is 0 Å². The number of carbonyl (C=O) groups is 1. The van der Waals surface area contributed by atoms with Gasteiger partial charge in [-0.3, -0.25) is 5.41 Å². The number of ether oxygens (including phenoxy) is 2. The zero-order valence-corrected chi connectivity index (χ0v) is 19.6. The number of aryl methyl sites for hydroxylation is 2. The molecular formula is C27H28N4O3. The molecular weight excluding hydrogens is 428 g/mol. The molecule has 0 amide bonds. The minimum Gasteiger partial charge on any atom is -0.437 e. The van der Waals surface area contributed by atoms with Crippen molar-refractivity contribution in [1.29, 1.82) is 5.41 Å². The Morgan fingerprint density at radius 3 is 2.53 bits per heavy atom. The normalized spacial score (nSPS) is 10.9. The maximum Gasteiger partial charge on any atom is 0.513 e. The van der Waals surface area contributed by atoms with Gasteiger partial charge in [-0.1, -0.05) is 49.4 Å². The van der Waals surface area contributed by atoms with Crippen molar-refractivity contribution >= 4 is 23.0 Å². The van der Waals surface area contributed by atoms with Gasteiger partial charge in [-0.15, -0.1) is 0 Å². The summed E-state index contributed by atoms with van der Waals surface area (Å²) in [5.41, 5.74) is 12.3. The topological polar surface area (TPSA) is 103 Å². The van der Waals surface area contributed by atoms with E-state index in [1.54, 1.807) is 6.07 Å². The van der Waals surface area contributed by atoms with Crippen LogP contribution in [-0.2, 0) is 17.7 Å². The van der Waals surface area contributed by atoms with Gasteiger partial charge in [0.25, 0.3) is 0 Å². The van der Waals surface area contributed by atoms with Crippen LogP contribution in [0.2, 0.25) is 0 Å². The molecule has 34 heavy (non-hydrogen) atoms. The largest absolute Gasteiger partial charge is 0.513 e. The van der Waals surface area contributed by atoms with Crippen molar-refractivity contribution < 1.29 is 14.3 Å². The number of nitrogen functional groups attached to an aromatic ring is 1.